The predicted molar refractivity (Wildman–Crippen MR) is 194 cm³/mol. The lowest BCUT2D eigenvalue weighted by atomic mass is 10.1. The largest absolute Gasteiger partial charge is 0.491 e. The van der Waals surface area contributed by atoms with E-state index in [9.17, 15) is 19.2 Å². The number of carbonyl (C=O) groups excluding carboxylic acids is 4. The molecule has 0 aromatic heterocycles. The van der Waals surface area contributed by atoms with Gasteiger partial charge in [0.2, 0.25) is 11.8 Å². The Morgan fingerprint density at radius 3 is 2.46 bits per heavy atom. The summed E-state index contributed by atoms with van der Waals surface area (Å²) in [7, 11) is 1.75. The first-order chi connectivity index (χ1) is 24.3. The van der Waals surface area contributed by atoms with Gasteiger partial charge in [-0.25, -0.2) is 0 Å². The molecule has 0 unspecified atom stereocenters. The van der Waals surface area contributed by atoms with Gasteiger partial charge in [-0.15, -0.1) is 0 Å². The molecule has 2 N–H and O–H groups in total. The van der Waals surface area contributed by atoms with Crippen molar-refractivity contribution in [2.75, 3.05) is 57.9 Å². The van der Waals surface area contributed by atoms with Gasteiger partial charge < -0.3 is 34.8 Å². The third-order valence-corrected chi connectivity index (χ3v) is 10.0. The van der Waals surface area contributed by atoms with Gasteiger partial charge >= 0.3 is 0 Å². The minimum atomic E-state index is -0.738. The highest BCUT2D eigenvalue weighted by Gasteiger charge is 2.39. The van der Waals surface area contributed by atoms with Crippen molar-refractivity contribution in [1.82, 2.24) is 20.4 Å². The van der Waals surface area contributed by atoms with E-state index in [1.165, 1.54) is 25.7 Å². The number of nitrogens with one attached hydrogen (secondary N) is 2. The van der Waals surface area contributed by atoms with E-state index in [0.29, 0.717) is 68.9 Å². The molecule has 5 rings (SSSR count). The molecule has 0 saturated carbocycles. The first-order valence-corrected chi connectivity index (χ1v) is 18.6. The average molecular weight is 690 g/mol. The Morgan fingerprint density at radius 1 is 0.900 bits per heavy atom. The molecule has 0 radical (unpaired) electrons. The Hall–Kier alpha value is -4.12. The molecule has 3 atom stereocenters. The Labute approximate surface area is 297 Å². The first kappa shape index (κ1) is 37.1. The molecular formula is C39H55N5O6. The number of anilines is 1. The minimum absolute atomic E-state index is 0.124. The zero-order valence-corrected chi connectivity index (χ0v) is 29.9. The van der Waals surface area contributed by atoms with Crippen molar-refractivity contribution >= 4 is 29.3 Å². The van der Waals surface area contributed by atoms with Gasteiger partial charge in [-0.05, 0) is 62.1 Å². The van der Waals surface area contributed by atoms with Crippen molar-refractivity contribution in [2.45, 2.75) is 95.7 Å². The number of ether oxygens (including phenoxy) is 2. The number of fused-ring (bicyclic) bond motifs is 3. The molecule has 2 saturated heterocycles. The SMILES string of the molecule is CCCCCCCCCC(=O)N[C@H]1CCCN(C)C(=O)c2cccc(c2)OC[C@@H]2C[C@H](NC(=O)c3cccc(N4CCOCC4)c3)CN2C1=O. The van der Waals surface area contributed by atoms with Gasteiger partial charge in [0.25, 0.3) is 11.8 Å². The lowest BCUT2D eigenvalue weighted by molar-refractivity contribution is -0.138. The topological polar surface area (TPSA) is 121 Å². The number of amides is 4. The highest BCUT2D eigenvalue weighted by Crippen LogP contribution is 2.25. The van der Waals surface area contributed by atoms with Gasteiger partial charge in [-0.1, -0.05) is 57.6 Å². The number of benzene rings is 2. The maximum atomic E-state index is 14.3. The number of carbonyl (C=O) groups is 4. The molecule has 2 bridgehead atoms. The van der Waals surface area contributed by atoms with Gasteiger partial charge in [0.1, 0.15) is 18.4 Å². The summed E-state index contributed by atoms with van der Waals surface area (Å²) in [6.07, 6.45) is 9.56. The number of morpholine rings is 1. The van der Waals surface area contributed by atoms with Gasteiger partial charge in [0, 0.05) is 62.5 Å². The van der Waals surface area contributed by atoms with E-state index in [1.807, 2.05) is 18.2 Å². The van der Waals surface area contributed by atoms with E-state index in [4.69, 9.17) is 9.47 Å². The molecule has 2 fully saturated rings. The molecule has 2 aromatic rings. The fourth-order valence-electron chi connectivity index (χ4n) is 7.12. The number of rotatable bonds is 12. The average Bonchev–Trinajstić information content (AvgIpc) is 3.54. The van der Waals surface area contributed by atoms with Crippen molar-refractivity contribution in [2.24, 2.45) is 0 Å². The van der Waals surface area contributed by atoms with E-state index in [1.54, 1.807) is 47.2 Å². The van der Waals surface area contributed by atoms with Gasteiger partial charge in [0.05, 0.1) is 19.3 Å². The molecule has 0 spiro atoms. The Kier molecular flexibility index (Phi) is 13.9. The third-order valence-electron chi connectivity index (χ3n) is 10.0. The molecule has 3 aliphatic heterocycles. The lowest BCUT2D eigenvalue weighted by Crippen LogP contribution is -2.52. The molecular weight excluding hydrogens is 634 g/mol. The molecule has 3 aliphatic rings. The van der Waals surface area contributed by atoms with Crippen LogP contribution in [0.2, 0.25) is 0 Å². The second-order valence-electron chi connectivity index (χ2n) is 13.9. The van der Waals surface area contributed by atoms with Crippen LogP contribution < -0.4 is 20.3 Å². The van der Waals surface area contributed by atoms with Crippen LogP contribution in [-0.4, -0.2) is 105 Å². The van der Waals surface area contributed by atoms with Crippen molar-refractivity contribution in [3.63, 3.8) is 0 Å². The molecule has 2 aromatic carbocycles. The van der Waals surface area contributed by atoms with E-state index in [-0.39, 0.29) is 42.3 Å². The molecule has 272 valence electrons. The summed E-state index contributed by atoms with van der Waals surface area (Å²) in [5.74, 6) is -0.0902. The number of nitrogens with zero attached hydrogens (tertiary/aromatic N) is 3. The second-order valence-corrected chi connectivity index (χ2v) is 13.9. The lowest BCUT2D eigenvalue weighted by Gasteiger charge is -2.30. The Morgan fingerprint density at radius 2 is 1.66 bits per heavy atom. The van der Waals surface area contributed by atoms with E-state index in [2.05, 4.69) is 22.5 Å². The fraction of sp³-hybridized carbons (Fsp3) is 0.590. The van der Waals surface area contributed by atoms with E-state index < -0.39 is 6.04 Å². The zero-order valence-electron chi connectivity index (χ0n) is 29.9. The summed E-state index contributed by atoms with van der Waals surface area (Å²) in [6, 6.07) is 13.3. The standard InChI is InChI=1S/C39H55N5O6/c1-3-4-5-6-7-8-9-18-36(45)41-35-17-12-19-42(2)38(47)30-14-11-16-34(25-30)50-28-33-26-31(27-44(33)39(35)48)40-37(46)29-13-10-15-32(24-29)43-20-22-49-23-21-43/h10-11,13-16,24-25,31,33,35H,3-9,12,17-23,26-28H2,1-2H3,(H,40,46)(H,41,45)/t31-,33-,35-/m0/s1. The first-order valence-electron chi connectivity index (χ1n) is 18.6. The van der Waals surface area contributed by atoms with Crippen molar-refractivity contribution in [3.05, 3.63) is 59.7 Å². The summed E-state index contributed by atoms with van der Waals surface area (Å²) >= 11 is 0. The third kappa shape index (κ3) is 10.4. The molecule has 11 heteroatoms. The highest BCUT2D eigenvalue weighted by molar-refractivity contribution is 5.96. The molecule has 4 amide bonds. The maximum Gasteiger partial charge on any atom is 0.253 e. The van der Waals surface area contributed by atoms with Gasteiger partial charge in [0.15, 0.2) is 0 Å². The van der Waals surface area contributed by atoms with Crippen LogP contribution in [0.5, 0.6) is 5.75 Å². The summed E-state index contributed by atoms with van der Waals surface area (Å²) in [5.41, 5.74) is 2.07. The quantitative estimate of drug-likeness (QED) is 0.308. The number of unbranched alkanes of at least 4 members (excludes halogenated alkanes) is 6. The van der Waals surface area contributed by atoms with Crippen LogP contribution in [0.1, 0.15) is 98.3 Å². The number of hydrogen-bond donors (Lipinski definition) is 2. The summed E-state index contributed by atoms with van der Waals surface area (Å²) in [5, 5.41) is 6.22. The second kappa shape index (κ2) is 18.8. The van der Waals surface area contributed by atoms with Crippen LogP contribution in [0.15, 0.2) is 48.5 Å². The number of hydrogen-bond acceptors (Lipinski definition) is 7. The summed E-state index contributed by atoms with van der Waals surface area (Å²) < 4.78 is 11.7. The Bertz CT molecular complexity index is 1450. The van der Waals surface area contributed by atoms with Crippen LogP contribution in [0.25, 0.3) is 0 Å². The fourth-order valence-corrected chi connectivity index (χ4v) is 7.12. The normalized spacial score (nSPS) is 21.6. The molecule has 50 heavy (non-hydrogen) atoms. The van der Waals surface area contributed by atoms with Crippen LogP contribution in [0.4, 0.5) is 5.69 Å². The van der Waals surface area contributed by atoms with Crippen LogP contribution in [-0.2, 0) is 14.3 Å². The smallest absolute Gasteiger partial charge is 0.253 e. The van der Waals surface area contributed by atoms with Crippen molar-refractivity contribution in [3.8, 4) is 5.75 Å². The predicted octanol–water partition coefficient (Wildman–Crippen LogP) is 4.79. The van der Waals surface area contributed by atoms with Crippen LogP contribution >= 0.6 is 0 Å². The Balaban J connectivity index is 1.29. The van der Waals surface area contributed by atoms with E-state index >= 15 is 0 Å². The van der Waals surface area contributed by atoms with Gasteiger partial charge in [-0.2, -0.15) is 0 Å². The van der Waals surface area contributed by atoms with Crippen molar-refractivity contribution < 1.29 is 28.7 Å². The summed E-state index contributed by atoms with van der Waals surface area (Å²) in [6.45, 7) is 6.00. The van der Waals surface area contributed by atoms with Gasteiger partial charge in [-0.3, -0.25) is 19.2 Å². The summed E-state index contributed by atoms with van der Waals surface area (Å²) in [4.78, 5) is 59.8. The molecule has 11 nitrogen and oxygen atoms in total. The maximum absolute atomic E-state index is 14.3. The zero-order chi connectivity index (χ0) is 35.3. The van der Waals surface area contributed by atoms with E-state index in [0.717, 1.165) is 38.0 Å². The molecule has 3 heterocycles. The van der Waals surface area contributed by atoms with Crippen LogP contribution in [0, 0.1) is 0 Å². The minimum Gasteiger partial charge on any atom is -0.491 e. The molecule has 0 aliphatic carbocycles. The van der Waals surface area contributed by atoms with Crippen LogP contribution in [0.3, 0.4) is 0 Å². The van der Waals surface area contributed by atoms with Crippen molar-refractivity contribution in [1.29, 1.82) is 0 Å². The monoisotopic (exact) mass is 689 g/mol. The highest BCUT2D eigenvalue weighted by atomic mass is 16.5.